The molecule has 1 heterocycles. The highest BCUT2D eigenvalue weighted by Crippen LogP contribution is 2.42. The molecule has 0 radical (unpaired) electrons. The van der Waals surface area contributed by atoms with Gasteiger partial charge < -0.3 is 4.74 Å². The summed E-state index contributed by atoms with van der Waals surface area (Å²) in [4.78, 5) is 28.3. The van der Waals surface area contributed by atoms with Gasteiger partial charge in [-0.3, -0.25) is 9.59 Å². The van der Waals surface area contributed by atoms with E-state index in [-0.39, 0.29) is 16.2 Å². The second-order valence-electron chi connectivity index (χ2n) is 7.03. The molecule has 0 aromatic heterocycles. The maximum Gasteiger partial charge on any atom is 0.273 e. The maximum atomic E-state index is 14.5. The summed E-state index contributed by atoms with van der Waals surface area (Å²) in [5.74, 6) is -2.45. The van der Waals surface area contributed by atoms with E-state index in [4.69, 9.17) is 4.74 Å². The second kappa shape index (κ2) is 9.36. The van der Waals surface area contributed by atoms with Crippen LogP contribution in [0.25, 0.3) is 5.57 Å². The van der Waals surface area contributed by atoms with Gasteiger partial charge in [0.25, 0.3) is 11.8 Å². The highest BCUT2D eigenvalue weighted by molar-refractivity contribution is 8.04. The Bertz CT molecular complexity index is 1190. The Labute approximate surface area is 188 Å². The molecule has 0 saturated heterocycles. The third kappa shape index (κ3) is 4.29. The molecule has 7 heteroatoms. The fourth-order valence-electron chi connectivity index (χ4n) is 3.28. The lowest BCUT2D eigenvalue weighted by atomic mass is 10.1. The van der Waals surface area contributed by atoms with Crippen LogP contribution in [-0.2, 0) is 9.59 Å². The molecule has 1 aliphatic rings. The Morgan fingerprint density at radius 2 is 1.62 bits per heavy atom. The topological polar surface area (TPSA) is 46.6 Å². The largest absolute Gasteiger partial charge is 0.494 e. The number of hydrogen-bond donors (Lipinski definition) is 0. The van der Waals surface area contributed by atoms with Crippen LogP contribution in [0, 0.1) is 11.6 Å². The van der Waals surface area contributed by atoms with Crippen LogP contribution in [0.5, 0.6) is 5.75 Å². The Kier molecular flexibility index (Phi) is 6.37. The van der Waals surface area contributed by atoms with Crippen molar-refractivity contribution in [2.45, 2.75) is 18.2 Å². The highest BCUT2D eigenvalue weighted by Gasteiger charge is 2.41. The van der Waals surface area contributed by atoms with Gasteiger partial charge >= 0.3 is 0 Å². The predicted octanol–water partition coefficient (Wildman–Crippen LogP) is 5.83. The monoisotopic (exact) mass is 451 g/mol. The number of amides is 2. The molecule has 0 spiro atoms. The van der Waals surface area contributed by atoms with Crippen molar-refractivity contribution in [3.8, 4) is 5.75 Å². The number of ether oxygens (including phenoxy) is 1. The summed E-state index contributed by atoms with van der Waals surface area (Å²) in [6, 6.07) is 18.7. The normalized spacial score (nSPS) is 13.8. The summed E-state index contributed by atoms with van der Waals surface area (Å²) in [5.41, 5.74) is 0.385. The van der Waals surface area contributed by atoms with Crippen LogP contribution in [0.15, 0.2) is 82.6 Å². The molecule has 3 aromatic carbocycles. The van der Waals surface area contributed by atoms with E-state index >= 15 is 0 Å². The zero-order valence-corrected chi connectivity index (χ0v) is 18.0. The third-order valence-electron chi connectivity index (χ3n) is 4.77. The molecule has 0 atom stereocenters. The molecule has 2 amide bonds. The Morgan fingerprint density at radius 3 is 2.28 bits per heavy atom. The van der Waals surface area contributed by atoms with Gasteiger partial charge in [-0.2, -0.15) is 0 Å². The minimum Gasteiger partial charge on any atom is -0.494 e. The van der Waals surface area contributed by atoms with Crippen LogP contribution in [0.1, 0.15) is 18.9 Å². The van der Waals surface area contributed by atoms with E-state index in [2.05, 4.69) is 0 Å². The zero-order chi connectivity index (χ0) is 22.7. The molecule has 0 unspecified atom stereocenters. The van der Waals surface area contributed by atoms with E-state index in [1.165, 1.54) is 0 Å². The number of thioether (sulfide) groups is 1. The van der Waals surface area contributed by atoms with Crippen molar-refractivity contribution in [3.63, 3.8) is 0 Å². The van der Waals surface area contributed by atoms with E-state index in [1.807, 2.05) is 37.3 Å². The fourth-order valence-corrected chi connectivity index (χ4v) is 4.30. The maximum absolute atomic E-state index is 14.5. The lowest BCUT2D eigenvalue weighted by Gasteiger charge is -2.16. The van der Waals surface area contributed by atoms with Gasteiger partial charge in [-0.25, -0.2) is 13.7 Å². The van der Waals surface area contributed by atoms with Crippen molar-refractivity contribution in [3.05, 3.63) is 94.9 Å². The molecule has 0 fully saturated rings. The van der Waals surface area contributed by atoms with E-state index < -0.39 is 23.4 Å². The first-order valence-corrected chi connectivity index (χ1v) is 10.9. The van der Waals surface area contributed by atoms with Gasteiger partial charge in [0.05, 0.1) is 22.8 Å². The molecule has 4 rings (SSSR count). The van der Waals surface area contributed by atoms with Gasteiger partial charge in [0.2, 0.25) is 0 Å². The Balaban J connectivity index is 1.77. The van der Waals surface area contributed by atoms with Crippen LogP contribution in [0.2, 0.25) is 0 Å². The van der Waals surface area contributed by atoms with Crippen molar-refractivity contribution >= 4 is 34.8 Å². The molecule has 0 N–H and O–H groups in total. The van der Waals surface area contributed by atoms with Crippen molar-refractivity contribution in [1.82, 2.24) is 0 Å². The minimum atomic E-state index is -0.986. The van der Waals surface area contributed by atoms with Crippen molar-refractivity contribution < 1.29 is 23.1 Å². The lowest BCUT2D eigenvalue weighted by Crippen LogP contribution is -2.32. The molecule has 0 bridgehead atoms. The quantitative estimate of drug-likeness (QED) is 0.424. The molecular formula is C25H19F2NO3S. The number of nitrogens with zero attached hydrogens (tertiary/aromatic N) is 1. The van der Waals surface area contributed by atoms with Gasteiger partial charge in [0.1, 0.15) is 17.4 Å². The van der Waals surface area contributed by atoms with Gasteiger partial charge in [-0.1, -0.05) is 49.0 Å². The summed E-state index contributed by atoms with van der Waals surface area (Å²) in [6.45, 7) is 2.56. The lowest BCUT2D eigenvalue weighted by molar-refractivity contribution is -0.119. The molecule has 1 aliphatic heterocycles. The molecular weight excluding hydrogens is 432 g/mol. The highest BCUT2D eigenvalue weighted by atomic mass is 32.2. The van der Waals surface area contributed by atoms with Crippen LogP contribution < -0.4 is 9.64 Å². The predicted molar refractivity (Wildman–Crippen MR) is 120 cm³/mol. The average molecular weight is 451 g/mol. The summed E-state index contributed by atoms with van der Waals surface area (Å²) in [6.07, 6.45) is 0.857. The Hall–Kier alpha value is -3.45. The minimum absolute atomic E-state index is 0.162. The SMILES string of the molecule is CCCOc1ccc(C2=C(Sc3ccccc3)C(=O)N(c3ccc(F)cc3F)C2=O)cc1. The summed E-state index contributed by atoms with van der Waals surface area (Å²) in [7, 11) is 0. The van der Waals surface area contributed by atoms with Crippen molar-refractivity contribution in [2.75, 3.05) is 11.5 Å². The average Bonchev–Trinajstić information content (AvgIpc) is 3.03. The van der Waals surface area contributed by atoms with E-state index in [0.717, 1.165) is 40.1 Å². The number of anilines is 1. The zero-order valence-electron chi connectivity index (χ0n) is 17.2. The van der Waals surface area contributed by atoms with Crippen molar-refractivity contribution in [2.24, 2.45) is 0 Å². The van der Waals surface area contributed by atoms with E-state index in [9.17, 15) is 18.4 Å². The first kappa shape index (κ1) is 21.8. The van der Waals surface area contributed by atoms with Crippen LogP contribution >= 0.6 is 11.8 Å². The fraction of sp³-hybridized carbons (Fsp3) is 0.120. The number of rotatable bonds is 7. The molecule has 162 valence electrons. The first-order chi connectivity index (χ1) is 15.5. The smallest absolute Gasteiger partial charge is 0.273 e. The van der Waals surface area contributed by atoms with Crippen LogP contribution in [-0.4, -0.2) is 18.4 Å². The van der Waals surface area contributed by atoms with Crippen LogP contribution in [0.4, 0.5) is 14.5 Å². The molecule has 4 nitrogen and oxygen atoms in total. The van der Waals surface area contributed by atoms with Crippen molar-refractivity contribution in [1.29, 1.82) is 0 Å². The Morgan fingerprint density at radius 1 is 0.906 bits per heavy atom. The summed E-state index contributed by atoms with van der Waals surface area (Å²) in [5, 5.41) is 0. The van der Waals surface area contributed by atoms with Gasteiger partial charge in [-0.05, 0) is 48.4 Å². The van der Waals surface area contributed by atoms with Crippen LogP contribution in [0.3, 0.4) is 0 Å². The number of halogens is 2. The van der Waals surface area contributed by atoms with E-state index in [1.54, 1.807) is 24.3 Å². The number of benzene rings is 3. The number of carbonyl (C=O) groups is 2. The van der Waals surface area contributed by atoms with Gasteiger partial charge in [-0.15, -0.1) is 0 Å². The second-order valence-corrected chi connectivity index (χ2v) is 8.12. The third-order valence-corrected chi connectivity index (χ3v) is 5.86. The molecule has 32 heavy (non-hydrogen) atoms. The number of carbonyl (C=O) groups excluding carboxylic acids is 2. The number of imide groups is 1. The summed E-state index contributed by atoms with van der Waals surface area (Å²) < 4.78 is 33.5. The summed E-state index contributed by atoms with van der Waals surface area (Å²) >= 11 is 1.13. The number of hydrogen-bond acceptors (Lipinski definition) is 4. The first-order valence-electron chi connectivity index (χ1n) is 10.0. The van der Waals surface area contributed by atoms with Gasteiger partial charge in [0.15, 0.2) is 0 Å². The molecule has 3 aromatic rings. The molecule has 0 aliphatic carbocycles. The van der Waals surface area contributed by atoms with Gasteiger partial charge in [0, 0.05) is 11.0 Å². The standard InChI is InChI=1S/C25H19F2NO3S/c1-2-14-31-18-11-8-16(9-12-18)22-23(32-19-6-4-3-5-7-19)25(30)28(24(22)29)21-13-10-17(26)15-20(21)27/h3-13,15H,2,14H2,1H3. The van der Waals surface area contributed by atoms with E-state index in [0.29, 0.717) is 24.0 Å². The molecule has 0 saturated carbocycles.